The Hall–Kier alpha value is -2.08. The third-order valence-electron chi connectivity index (χ3n) is 3.46. The second-order valence-electron chi connectivity index (χ2n) is 5.36. The molecule has 0 atom stereocenters. The van der Waals surface area contributed by atoms with Crippen molar-refractivity contribution in [3.8, 4) is 0 Å². The standard InChI is InChI=1S/C18H30N4O2/c1-4-6-11-20-17(23)16-9-7-15(8-10-16)14-22-18(19-3)21-12-13-24-5-2/h7-10H,4-6,11-14H2,1-3H3,(H,20,23)(H2,19,21,22). The molecule has 134 valence electrons. The van der Waals surface area contributed by atoms with Crippen molar-refractivity contribution in [2.24, 2.45) is 4.99 Å². The summed E-state index contributed by atoms with van der Waals surface area (Å²) in [6.07, 6.45) is 2.08. The van der Waals surface area contributed by atoms with Crippen LogP contribution >= 0.6 is 0 Å². The lowest BCUT2D eigenvalue weighted by atomic mass is 10.1. The fourth-order valence-corrected chi connectivity index (χ4v) is 2.05. The molecule has 0 aliphatic heterocycles. The van der Waals surface area contributed by atoms with E-state index in [9.17, 15) is 4.79 Å². The average Bonchev–Trinajstić information content (AvgIpc) is 2.61. The topological polar surface area (TPSA) is 74.8 Å². The fourth-order valence-electron chi connectivity index (χ4n) is 2.05. The van der Waals surface area contributed by atoms with Gasteiger partial charge >= 0.3 is 0 Å². The molecule has 0 radical (unpaired) electrons. The van der Waals surface area contributed by atoms with E-state index in [-0.39, 0.29) is 5.91 Å². The van der Waals surface area contributed by atoms with Crippen molar-refractivity contribution < 1.29 is 9.53 Å². The molecular formula is C18H30N4O2. The van der Waals surface area contributed by atoms with Crippen molar-refractivity contribution in [2.45, 2.75) is 33.2 Å². The summed E-state index contributed by atoms with van der Waals surface area (Å²) < 4.78 is 5.28. The van der Waals surface area contributed by atoms with Crippen molar-refractivity contribution >= 4 is 11.9 Å². The maximum absolute atomic E-state index is 11.9. The zero-order chi connectivity index (χ0) is 17.6. The van der Waals surface area contributed by atoms with Gasteiger partial charge in [-0.1, -0.05) is 25.5 Å². The number of hydrogen-bond acceptors (Lipinski definition) is 3. The molecule has 0 fully saturated rings. The lowest BCUT2D eigenvalue weighted by Crippen LogP contribution is -2.38. The minimum absolute atomic E-state index is 0.0173. The van der Waals surface area contributed by atoms with E-state index in [1.54, 1.807) is 7.05 Å². The van der Waals surface area contributed by atoms with Gasteiger partial charge in [-0.15, -0.1) is 0 Å². The molecule has 0 unspecified atom stereocenters. The Morgan fingerprint density at radius 1 is 1.08 bits per heavy atom. The van der Waals surface area contributed by atoms with Crippen molar-refractivity contribution in [1.29, 1.82) is 0 Å². The average molecular weight is 334 g/mol. The van der Waals surface area contributed by atoms with Crippen LogP contribution in [0.3, 0.4) is 0 Å². The van der Waals surface area contributed by atoms with Crippen LogP contribution in [0.25, 0.3) is 0 Å². The molecule has 0 bridgehead atoms. The van der Waals surface area contributed by atoms with Gasteiger partial charge < -0.3 is 20.7 Å². The van der Waals surface area contributed by atoms with Crippen molar-refractivity contribution in [2.75, 3.05) is 33.4 Å². The lowest BCUT2D eigenvalue weighted by Gasteiger charge is -2.12. The van der Waals surface area contributed by atoms with E-state index in [2.05, 4.69) is 27.9 Å². The number of nitrogens with one attached hydrogen (secondary N) is 3. The Balaban J connectivity index is 2.39. The van der Waals surface area contributed by atoms with Crippen molar-refractivity contribution in [3.63, 3.8) is 0 Å². The van der Waals surface area contributed by atoms with Gasteiger partial charge in [-0.05, 0) is 31.0 Å². The first-order valence-corrected chi connectivity index (χ1v) is 8.60. The molecule has 0 aliphatic rings. The molecule has 0 saturated carbocycles. The summed E-state index contributed by atoms with van der Waals surface area (Å²) in [5.74, 6) is 0.715. The van der Waals surface area contributed by atoms with E-state index in [1.165, 1.54) is 0 Å². The molecule has 0 spiro atoms. The second kappa shape index (κ2) is 12.4. The van der Waals surface area contributed by atoms with Crippen molar-refractivity contribution in [1.82, 2.24) is 16.0 Å². The summed E-state index contributed by atoms with van der Waals surface area (Å²) in [5.41, 5.74) is 1.78. The first kappa shape index (κ1) is 20.0. The van der Waals surface area contributed by atoms with Gasteiger partial charge in [-0.2, -0.15) is 0 Å². The van der Waals surface area contributed by atoms with Crippen LogP contribution in [0.15, 0.2) is 29.3 Å². The quantitative estimate of drug-likeness (QED) is 0.347. The molecule has 1 aromatic carbocycles. The molecule has 1 rings (SSSR count). The number of nitrogens with zero attached hydrogens (tertiary/aromatic N) is 1. The number of aliphatic imine (C=N–C) groups is 1. The predicted octanol–water partition coefficient (Wildman–Crippen LogP) is 1.92. The number of benzene rings is 1. The SMILES string of the molecule is CCCCNC(=O)c1ccc(CNC(=NC)NCCOCC)cc1. The van der Waals surface area contributed by atoms with E-state index in [4.69, 9.17) is 4.74 Å². The summed E-state index contributed by atoms with van der Waals surface area (Å²) >= 11 is 0. The highest BCUT2D eigenvalue weighted by Gasteiger charge is 2.04. The van der Waals surface area contributed by atoms with Gasteiger partial charge in [-0.25, -0.2) is 0 Å². The predicted molar refractivity (Wildman–Crippen MR) is 98.4 cm³/mol. The van der Waals surface area contributed by atoms with Crippen LogP contribution in [0.4, 0.5) is 0 Å². The van der Waals surface area contributed by atoms with Crippen LogP contribution in [0.5, 0.6) is 0 Å². The van der Waals surface area contributed by atoms with Gasteiger partial charge in [-0.3, -0.25) is 9.79 Å². The Labute approximate surface area is 145 Å². The summed E-state index contributed by atoms with van der Waals surface area (Å²) in [5, 5.41) is 9.34. The van der Waals surface area contributed by atoms with Gasteiger partial charge in [0.15, 0.2) is 5.96 Å². The molecule has 0 saturated heterocycles. The number of guanidine groups is 1. The summed E-state index contributed by atoms with van der Waals surface area (Å²) in [6.45, 7) is 7.53. The van der Waals surface area contributed by atoms with Crippen molar-refractivity contribution in [3.05, 3.63) is 35.4 Å². The Bertz CT molecular complexity index is 500. The molecule has 0 aromatic heterocycles. The van der Waals surface area contributed by atoms with Gasteiger partial charge in [0.25, 0.3) is 5.91 Å². The number of unbranched alkanes of at least 4 members (excludes halogenated alkanes) is 1. The fraction of sp³-hybridized carbons (Fsp3) is 0.556. The highest BCUT2D eigenvalue weighted by molar-refractivity contribution is 5.94. The first-order valence-electron chi connectivity index (χ1n) is 8.60. The maximum Gasteiger partial charge on any atom is 0.251 e. The summed E-state index contributed by atoms with van der Waals surface area (Å²) in [6, 6.07) is 7.61. The van der Waals surface area contributed by atoms with Crippen LogP contribution < -0.4 is 16.0 Å². The molecule has 0 heterocycles. The third kappa shape index (κ3) is 7.97. The molecule has 1 aromatic rings. The van der Waals surface area contributed by atoms with Crippen LogP contribution in [0.2, 0.25) is 0 Å². The summed E-state index contributed by atoms with van der Waals surface area (Å²) in [7, 11) is 1.74. The maximum atomic E-state index is 11.9. The van der Waals surface area contributed by atoms with Gasteiger partial charge in [0.1, 0.15) is 0 Å². The Morgan fingerprint density at radius 3 is 2.46 bits per heavy atom. The monoisotopic (exact) mass is 334 g/mol. The number of amides is 1. The van der Waals surface area contributed by atoms with E-state index >= 15 is 0 Å². The molecule has 3 N–H and O–H groups in total. The zero-order valence-corrected chi connectivity index (χ0v) is 15.0. The second-order valence-corrected chi connectivity index (χ2v) is 5.36. The van der Waals surface area contributed by atoms with E-state index in [0.717, 1.165) is 30.9 Å². The minimum Gasteiger partial charge on any atom is -0.380 e. The van der Waals surface area contributed by atoms with E-state index in [1.807, 2.05) is 31.2 Å². The lowest BCUT2D eigenvalue weighted by molar-refractivity contribution is 0.0953. The van der Waals surface area contributed by atoms with Gasteiger partial charge in [0, 0.05) is 38.9 Å². The highest BCUT2D eigenvalue weighted by Crippen LogP contribution is 2.04. The Kier molecular flexibility index (Phi) is 10.3. The number of carbonyl (C=O) groups is 1. The molecular weight excluding hydrogens is 304 g/mol. The molecule has 6 nitrogen and oxygen atoms in total. The number of hydrogen-bond donors (Lipinski definition) is 3. The molecule has 6 heteroatoms. The van der Waals surface area contributed by atoms with E-state index < -0.39 is 0 Å². The van der Waals surface area contributed by atoms with E-state index in [0.29, 0.717) is 31.9 Å². The van der Waals surface area contributed by atoms with Crippen LogP contribution in [-0.4, -0.2) is 45.2 Å². The van der Waals surface area contributed by atoms with Gasteiger partial charge in [0.05, 0.1) is 6.61 Å². The zero-order valence-electron chi connectivity index (χ0n) is 15.0. The summed E-state index contributed by atoms with van der Waals surface area (Å²) in [4.78, 5) is 16.1. The minimum atomic E-state index is -0.0173. The Morgan fingerprint density at radius 2 is 1.83 bits per heavy atom. The molecule has 24 heavy (non-hydrogen) atoms. The van der Waals surface area contributed by atoms with Crippen LogP contribution in [0, 0.1) is 0 Å². The highest BCUT2D eigenvalue weighted by atomic mass is 16.5. The van der Waals surface area contributed by atoms with Gasteiger partial charge in [0.2, 0.25) is 0 Å². The van der Waals surface area contributed by atoms with Crippen LogP contribution in [0.1, 0.15) is 42.6 Å². The first-order chi connectivity index (χ1) is 11.7. The third-order valence-corrected chi connectivity index (χ3v) is 3.46. The largest absolute Gasteiger partial charge is 0.380 e. The number of rotatable bonds is 10. The smallest absolute Gasteiger partial charge is 0.251 e. The number of ether oxygens (including phenoxy) is 1. The number of carbonyl (C=O) groups excluding carboxylic acids is 1. The van der Waals surface area contributed by atoms with Crippen LogP contribution in [-0.2, 0) is 11.3 Å². The molecule has 1 amide bonds. The normalized spacial score (nSPS) is 11.2. The molecule has 0 aliphatic carbocycles.